The average molecular weight is 258 g/mol. The Morgan fingerprint density at radius 1 is 1.39 bits per heavy atom. The van der Waals surface area contributed by atoms with Crippen LogP contribution >= 0.6 is 0 Å². The molecule has 2 bridgehead atoms. The smallest absolute Gasteiger partial charge is 0.326 e. The molecule has 2 fully saturated rings. The molecule has 4 unspecified atom stereocenters. The van der Waals surface area contributed by atoms with Gasteiger partial charge in [0.2, 0.25) is 0 Å². The van der Waals surface area contributed by atoms with Crippen molar-refractivity contribution >= 4 is 12.0 Å². The summed E-state index contributed by atoms with van der Waals surface area (Å²) >= 11 is 0. The molecule has 2 saturated heterocycles. The molecular weight excluding hydrogens is 240 g/mol. The van der Waals surface area contributed by atoms with Crippen LogP contribution in [0.25, 0.3) is 0 Å². The SMILES string of the molecule is O=C(NC(CCO)C(=O)O)NC1CC2CCC1O2. The lowest BCUT2D eigenvalue weighted by molar-refractivity contribution is -0.139. The maximum Gasteiger partial charge on any atom is 0.326 e. The monoisotopic (exact) mass is 258 g/mol. The Morgan fingerprint density at radius 3 is 2.67 bits per heavy atom. The van der Waals surface area contributed by atoms with Crippen molar-refractivity contribution < 1.29 is 24.5 Å². The number of aliphatic carboxylic acids is 1. The number of carbonyl (C=O) groups is 2. The minimum atomic E-state index is -1.15. The van der Waals surface area contributed by atoms with Gasteiger partial charge in [0, 0.05) is 13.0 Å². The van der Waals surface area contributed by atoms with E-state index in [0.29, 0.717) is 0 Å². The van der Waals surface area contributed by atoms with Crippen LogP contribution in [-0.2, 0) is 9.53 Å². The van der Waals surface area contributed by atoms with Crippen molar-refractivity contribution in [3.63, 3.8) is 0 Å². The van der Waals surface area contributed by atoms with Gasteiger partial charge in [-0.3, -0.25) is 0 Å². The van der Waals surface area contributed by atoms with Crippen LogP contribution in [0.5, 0.6) is 0 Å². The molecule has 0 spiro atoms. The highest BCUT2D eigenvalue weighted by Gasteiger charge is 2.41. The summed E-state index contributed by atoms with van der Waals surface area (Å²) in [5.41, 5.74) is 0. The van der Waals surface area contributed by atoms with E-state index in [4.69, 9.17) is 14.9 Å². The Bertz CT molecular complexity index is 335. The molecule has 2 heterocycles. The number of carbonyl (C=O) groups excluding carboxylic acids is 1. The van der Waals surface area contributed by atoms with Crippen LogP contribution in [0.4, 0.5) is 4.79 Å². The van der Waals surface area contributed by atoms with Crippen molar-refractivity contribution in [2.24, 2.45) is 0 Å². The number of hydrogen-bond donors (Lipinski definition) is 4. The molecule has 2 rings (SSSR count). The fraction of sp³-hybridized carbons (Fsp3) is 0.818. The predicted molar refractivity (Wildman–Crippen MR) is 61.1 cm³/mol. The van der Waals surface area contributed by atoms with Crippen molar-refractivity contribution in [3.05, 3.63) is 0 Å². The highest BCUT2D eigenvalue weighted by Crippen LogP contribution is 2.34. The Balaban J connectivity index is 1.79. The van der Waals surface area contributed by atoms with Crippen molar-refractivity contribution in [2.45, 2.75) is 50.0 Å². The first-order valence-electron chi connectivity index (χ1n) is 6.16. The molecule has 7 heteroatoms. The van der Waals surface area contributed by atoms with E-state index < -0.39 is 18.0 Å². The minimum absolute atomic E-state index is 0.00399. The second-order valence-corrected chi connectivity index (χ2v) is 4.74. The van der Waals surface area contributed by atoms with Gasteiger partial charge in [-0.15, -0.1) is 0 Å². The van der Waals surface area contributed by atoms with Crippen molar-refractivity contribution in [1.29, 1.82) is 0 Å². The van der Waals surface area contributed by atoms with Gasteiger partial charge in [-0.2, -0.15) is 0 Å². The maximum absolute atomic E-state index is 11.6. The molecule has 4 atom stereocenters. The molecule has 4 N–H and O–H groups in total. The van der Waals surface area contributed by atoms with E-state index in [0.717, 1.165) is 19.3 Å². The van der Waals surface area contributed by atoms with Crippen LogP contribution in [0.1, 0.15) is 25.7 Å². The van der Waals surface area contributed by atoms with Gasteiger partial charge in [0.15, 0.2) is 0 Å². The summed E-state index contributed by atoms with van der Waals surface area (Å²) in [6, 6.07) is -1.61. The van der Waals surface area contributed by atoms with Gasteiger partial charge in [-0.25, -0.2) is 9.59 Å². The highest BCUT2D eigenvalue weighted by atomic mass is 16.5. The maximum atomic E-state index is 11.6. The lowest BCUT2D eigenvalue weighted by Crippen LogP contribution is -2.51. The number of ether oxygens (including phenoxy) is 1. The average Bonchev–Trinajstić information content (AvgIpc) is 2.90. The molecular formula is C11H18N2O5. The first-order valence-corrected chi connectivity index (χ1v) is 6.16. The van der Waals surface area contributed by atoms with E-state index in [2.05, 4.69) is 10.6 Å². The van der Waals surface area contributed by atoms with Crippen LogP contribution < -0.4 is 10.6 Å². The number of amides is 2. The molecule has 7 nitrogen and oxygen atoms in total. The van der Waals surface area contributed by atoms with Crippen LogP contribution in [0.2, 0.25) is 0 Å². The largest absolute Gasteiger partial charge is 0.480 e. The normalized spacial score (nSPS) is 31.1. The third kappa shape index (κ3) is 2.91. The van der Waals surface area contributed by atoms with E-state index in [1.807, 2.05) is 0 Å². The molecule has 0 aromatic carbocycles. The second kappa shape index (κ2) is 5.53. The molecule has 0 radical (unpaired) electrons. The molecule has 0 aromatic rings. The molecule has 0 saturated carbocycles. The summed E-state index contributed by atoms with van der Waals surface area (Å²) in [4.78, 5) is 22.5. The molecule has 0 aromatic heterocycles. The molecule has 2 aliphatic rings. The topological polar surface area (TPSA) is 108 Å². The Labute approximate surface area is 105 Å². The summed E-state index contributed by atoms with van der Waals surface area (Å²) in [7, 11) is 0. The zero-order valence-electron chi connectivity index (χ0n) is 9.96. The van der Waals surface area contributed by atoms with Crippen LogP contribution in [-0.4, -0.2) is 53.1 Å². The highest BCUT2D eigenvalue weighted by molar-refractivity contribution is 5.82. The number of carboxylic acids is 1. The fourth-order valence-corrected chi connectivity index (χ4v) is 2.54. The summed E-state index contributed by atoms with van der Waals surface area (Å²) < 4.78 is 5.59. The minimum Gasteiger partial charge on any atom is -0.480 e. The van der Waals surface area contributed by atoms with E-state index in [-0.39, 0.29) is 31.3 Å². The number of hydrogen-bond acceptors (Lipinski definition) is 4. The van der Waals surface area contributed by atoms with Gasteiger partial charge in [0.05, 0.1) is 18.2 Å². The lowest BCUT2D eigenvalue weighted by atomic mass is 9.96. The van der Waals surface area contributed by atoms with Crippen LogP contribution in [0.3, 0.4) is 0 Å². The number of rotatable bonds is 5. The van der Waals surface area contributed by atoms with Gasteiger partial charge in [-0.05, 0) is 19.3 Å². The summed E-state index contributed by atoms with van der Waals surface area (Å²) in [5.74, 6) is -1.15. The first kappa shape index (κ1) is 13.1. The van der Waals surface area contributed by atoms with Crippen LogP contribution in [0.15, 0.2) is 0 Å². The van der Waals surface area contributed by atoms with Crippen molar-refractivity contribution in [2.75, 3.05) is 6.61 Å². The van der Waals surface area contributed by atoms with E-state index in [9.17, 15) is 9.59 Å². The summed E-state index contributed by atoms with van der Waals surface area (Å²) in [5, 5.41) is 22.6. The van der Waals surface area contributed by atoms with Gasteiger partial charge >= 0.3 is 12.0 Å². The van der Waals surface area contributed by atoms with Gasteiger partial charge in [0.25, 0.3) is 0 Å². The van der Waals surface area contributed by atoms with Crippen LogP contribution in [0, 0.1) is 0 Å². The lowest BCUT2D eigenvalue weighted by Gasteiger charge is -2.21. The first-order chi connectivity index (χ1) is 8.60. The Morgan fingerprint density at radius 2 is 2.17 bits per heavy atom. The molecule has 2 amide bonds. The number of fused-ring (bicyclic) bond motifs is 2. The summed E-state index contributed by atoms with van der Waals surface area (Å²) in [6.07, 6.45) is 3.04. The zero-order chi connectivity index (χ0) is 13.1. The Kier molecular flexibility index (Phi) is 4.03. The van der Waals surface area contributed by atoms with Crippen molar-refractivity contribution in [3.8, 4) is 0 Å². The molecule has 102 valence electrons. The zero-order valence-corrected chi connectivity index (χ0v) is 9.96. The number of carboxylic acid groups (broad SMARTS) is 1. The van der Waals surface area contributed by atoms with E-state index >= 15 is 0 Å². The standard InChI is InChI=1S/C11H18N2O5/c14-4-3-7(10(15)16)12-11(17)13-8-5-6-1-2-9(8)18-6/h6-9,14H,1-5H2,(H,15,16)(H2,12,13,17). The Hall–Kier alpha value is -1.34. The molecule has 0 aliphatic carbocycles. The number of urea groups is 1. The number of nitrogens with one attached hydrogen (secondary N) is 2. The fourth-order valence-electron chi connectivity index (χ4n) is 2.54. The van der Waals surface area contributed by atoms with E-state index in [1.165, 1.54) is 0 Å². The predicted octanol–water partition coefficient (Wildman–Crippen LogP) is -0.559. The molecule has 2 aliphatic heterocycles. The van der Waals surface area contributed by atoms with E-state index in [1.54, 1.807) is 0 Å². The van der Waals surface area contributed by atoms with Gasteiger partial charge < -0.3 is 25.6 Å². The second-order valence-electron chi connectivity index (χ2n) is 4.74. The molecule has 18 heavy (non-hydrogen) atoms. The third-order valence-electron chi connectivity index (χ3n) is 3.44. The van der Waals surface area contributed by atoms with Gasteiger partial charge in [0.1, 0.15) is 6.04 Å². The number of aliphatic hydroxyl groups is 1. The number of aliphatic hydroxyl groups excluding tert-OH is 1. The van der Waals surface area contributed by atoms with Gasteiger partial charge in [-0.1, -0.05) is 0 Å². The third-order valence-corrected chi connectivity index (χ3v) is 3.44. The quantitative estimate of drug-likeness (QED) is 0.529. The van der Waals surface area contributed by atoms with Crippen molar-refractivity contribution in [1.82, 2.24) is 10.6 Å². The summed E-state index contributed by atoms with van der Waals surface area (Å²) in [6.45, 7) is -0.283.